The van der Waals surface area contributed by atoms with E-state index in [4.69, 9.17) is 4.74 Å². The highest BCUT2D eigenvalue weighted by Gasteiger charge is 2.45. The summed E-state index contributed by atoms with van der Waals surface area (Å²) >= 11 is 0. The number of allylic oxidation sites excluding steroid dienone is 3. The van der Waals surface area contributed by atoms with Crippen LogP contribution in [-0.4, -0.2) is 12.7 Å². The van der Waals surface area contributed by atoms with E-state index in [2.05, 4.69) is 39.8 Å². The van der Waals surface area contributed by atoms with E-state index in [1.807, 2.05) is 0 Å². The summed E-state index contributed by atoms with van der Waals surface area (Å²) in [6.45, 7) is 10.4. The van der Waals surface area contributed by atoms with Crippen molar-refractivity contribution in [1.82, 2.24) is 0 Å². The van der Waals surface area contributed by atoms with Crippen LogP contribution in [0.1, 0.15) is 47.0 Å². The van der Waals surface area contributed by atoms with Crippen molar-refractivity contribution in [2.24, 2.45) is 29.6 Å². The van der Waals surface area contributed by atoms with Crippen LogP contribution in [0.3, 0.4) is 0 Å². The average Bonchev–Trinajstić information content (AvgIpc) is 2.37. The molecule has 0 N–H and O–H groups in total. The van der Waals surface area contributed by atoms with E-state index in [1.165, 1.54) is 19.3 Å². The molecule has 6 atom stereocenters. The van der Waals surface area contributed by atoms with E-state index in [1.54, 1.807) is 11.1 Å². The number of rotatable bonds is 1. The Bertz CT molecular complexity index is 406. The summed E-state index contributed by atoms with van der Waals surface area (Å²) in [7, 11) is 0. The minimum Gasteiger partial charge on any atom is -0.377 e. The highest BCUT2D eigenvalue weighted by Crippen LogP contribution is 2.47. The molecule has 2 aliphatic carbocycles. The van der Waals surface area contributed by atoms with Crippen molar-refractivity contribution in [3.05, 3.63) is 23.3 Å². The largest absolute Gasteiger partial charge is 0.377 e. The van der Waals surface area contributed by atoms with Gasteiger partial charge in [-0.2, -0.15) is 0 Å². The van der Waals surface area contributed by atoms with Crippen molar-refractivity contribution >= 4 is 0 Å². The molecule has 1 saturated heterocycles. The molecule has 0 amide bonds. The van der Waals surface area contributed by atoms with Gasteiger partial charge in [-0.15, -0.1) is 0 Å². The van der Waals surface area contributed by atoms with Gasteiger partial charge in [0.2, 0.25) is 0 Å². The van der Waals surface area contributed by atoms with Crippen LogP contribution in [0.2, 0.25) is 0 Å². The molecule has 19 heavy (non-hydrogen) atoms. The molecule has 106 valence electrons. The fourth-order valence-corrected chi connectivity index (χ4v) is 4.71. The first kappa shape index (κ1) is 13.4. The summed E-state index contributed by atoms with van der Waals surface area (Å²) < 4.78 is 6.36. The van der Waals surface area contributed by atoms with Crippen LogP contribution in [0, 0.1) is 29.6 Å². The van der Waals surface area contributed by atoms with E-state index in [0.717, 1.165) is 24.4 Å². The van der Waals surface area contributed by atoms with Gasteiger partial charge in [-0.1, -0.05) is 37.1 Å². The molecule has 1 fully saturated rings. The monoisotopic (exact) mass is 260 g/mol. The second kappa shape index (κ2) is 5.09. The Morgan fingerprint density at radius 3 is 2.68 bits per heavy atom. The van der Waals surface area contributed by atoms with Crippen LogP contribution in [-0.2, 0) is 4.74 Å². The molecule has 1 heterocycles. The maximum absolute atomic E-state index is 6.36. The maximum atomic E-state index is 6.36. The lowest BCUT2D eigenvalue weighted by atomic mass is 9.63. The summed E-state index contributed by atoms with van der Waals surface area (Å²) in [6, 6.07) is 0. The Hall–Kier alpha value is -0.560. The lowest BCUT2D eigenvalue weighted by Gasteiger charge is -2.50. The zero-order chi connectivity index (χ0) is 13.6. The second-order valence-electron chi connectivity index (χ2n) is 7.20. The highest BCUT2D eigenvalue weighted by atomic mass is 16.5. The second-order valence-corrected chi connectivity index (χ2v) is 7.20. The summed E-state index contributed by atoms with van der Waals surface area (Å²) in [6.07, 6.45) is 9.26. The predicted molar refractivity (Wildman–Crippen MR) is 79.9 cm³/mol. The SMILES string of the molecule is CC1=CC[C@H]([C@@H]2OC[C@@H]3[C@@H](C)[C@@H]2C(C)=C[C@H]3C)CC1. The summed E-state index contributed by atoms with van der Waals surface area (Å²) in [4.78, 5) is 0. The van der Waals surface area contributed by atoms with E-state index in [0.29, 0.717) is 17.9 Å². The molecule has 1 nitrogen and oxygen atoms in total. The molecule has 0 spiro atoms. The number of ether oxygens (including phenoxy) is 1. The molecule has 0 unspecified atom stereocenters. The number of hydrogen-bond donors (Lipinski definition) is 0. The van der Waals surface area contributed by atoms with Gasteiger partial charge in [-0.05, 0) is 56.8 Å². The Labute approximate surface area is 118 Å². The van der Waals surface area contributed by atoms with Gasteiger partial charge in [0.25, 0.3) is 0 Å². The molecule has 0 aromatic carbocycles. The third kappa shape index (κ3) is 2.31. The molecule has 0 aromatic heterocycles. The quantitative estimate of drug-likeness (QED) is 0.626. The fourth-order valence-electron chi connectivity index (χ4n) is 4.71. The smallest absolute Gasteiger partial charge is 0.0674 e. The van der Waals surface area contributed by atoms with Gasteiger partial charge in [0.05, 0.1) is 12.7 Å². The molecule has 1 aliphatic heterocycles. The topological polar surface area (TPSA) is 9.23 Å². The first-order chi connectivity index (χ1) is 9.08. The zero-order valence-electron chi connectivity index (χ0n) is 12.9. The normalized spacial score (nSPS) is 46.5. The van der Waals surface area contributed by atoms with Gasteiger partial charge >= 0.3 is 0 Å². The van der Waals surface area contributed by atoms with Crippen molar-refractivity contribution in [3.8, 4) is 0 Å². The van der Waals surface area contributed by atoms with Gasteiger partial charge in [0.1, 0.15) is 0 Å². The third-order valence-electron chi connectivity index (χ3n) is 5.95. The molecule has 2 bridgehead atoms. The van der Waals surface area contributed by atoms with E-state index in [9.17, 15) is 0 Å². The van der Waals surface area contributed by atoms with Crippen LogP contribution in [0.4, 0.5) is 0 Å². The highest BCUT2D eigenvalue weighted by molar-refractivity contribution is 5.18. The van der Waals surface area contributed by atoms with Gasteiger partial charge in [0, 0.05) is 5.92 Å². The lowest BCUT2D eigenvalue weighted by Crippen LogP contribution is -2.49. The summed E-state index contributed by atoms with van der Waals surface area (Å²) in [5.74, 6) is 3.65. The lowest BCUT2D eigenvalue weighted by molar-refractivity contribution is -0.117. The summed E-state index contributed by atoms with van der Waals surface area (Å²) in [5.41, 5.74) is 3.16. The Morgan fingerprint density at radius 1 is 1.21 bits per heavy atom. The van der Waals surface area contributed by atoms with Gasteiger partial charge in [0.15, 0.2) is 0 Å². The Balaban J connectivity index is 1.82. The number of hydrogen-bond acceptors (Lipinski definition) is 1. The minimum absolute atomic E-state index is 0.472. The van der Waals surface area contributed by atoms with Crippen molar-refractivity contribution in [1.29, 1.82) is 0 Å². The van der Waals surface area contributed by atoms with Crippen molar-refractivity contribution in [3.63, 3.8) is 0 Å². The van der Waals surface area contributed by atoms with Crippen molar-refractivity contribution in [2.45, 2.75) is 53.1 Å². The van der Waals surface area contributed by atoms with Crippen LogP contribution in [0.5, 0.6) is 0 Å². The van der Waals surface area contributed by atoms with Gasteiger partial charge in [-0.3, -0.25) is 0 Å². The van der Waals surface area contributed by atoms with Crippen LogP contribution < -0.4 is 0 Å². The predicted octanol–water partition coefficient (Wildman–Crippen LogP) is 4.60. The first-order valence-electron chi connectivity index (χ1n) is 8.03. The van der Waals surface area contributed by atoms with Gasteiger partial charge in [-0.25, -0.2) is 0 Å². The molecular weight excluding hydrogens is 232 g/mol. The van der Waals surface area contributed by atoms with Crippen LogP contribution >= 0.6 is 0 Å². The average molecular weight is 260 g/mol. The van der Waals surface area contributed by atoms with Crippen molar-refractivity contribution in [2.75, 3.05) is 6.61 Å². The van der Waals surface area contributed by atoms with Gasteiger partial charge < -0.3 is 4.74 Å². The van der Waals surface area contributed by atoms with Crippen LogP contribution in [0.15, 0.2) is 23.3 Å². The van der Waals surface area contributed by atoms with E-state index >= 15 is 0 Å². The van der Waals surface area contributed by atoms with Crippen molar-refractivity contribution < 1.29 is 4.74 Å². The zero-order valence-corrected chi connectivity index (χ0v) is 12.9. The molecular formula is C18H28O. The fraction of sp³-hybridized carbons (Fsp3) is 0.778. The molecule has 1 heteroatoms. The first-order valence-corrected chi connectivity index (χ1v) is 8.03. The summed E-state index contributed by atoms with van der Waals surface area (Å²) in [5, 5.41) is 0. The Kier molecular flexibility index (Phi) is 3.59. The minimum atomic E-state index is 0.472. The molecule has 3 rings (SSSR count). The standard InChI is InChI=1S/C18H28O/c1-11-5-7-15(8-6-11)18-17-13(3)9-12(2)16(10-19-18)14(17)4/h5,9,12,14-18H,6-8,10H2,1-4H3/t12-,14-,15+,16+,17+,18+/m1/s1. The third-order valence-corrected chi connectivity index (χ3v) is 5.95. The molecule has 0 saturated carbocycles. The molecule has 0 aromatic rings. The van der Waals surface area contributed by atoms with Crippen LogP contribution in [0.25, 0.3) is 0 Å². The van der Waals surface area contributed by atoms with E-state index in [-0.39, 0.29) is 0 Å². The Morgan fingerprint density at radius 2 is 2.00 bits per heavy atom. The maximum Gasteiger partial charge on any atom is 0.0674 e. The number of fused-ring (bicyclic) bond motifs is 2. The van der Waals surface area contributed by atoms with E-state index < -0.39 is 0 Å². The molecule has 0 radical (unpaired) electrons. The molecule has 3 aliphatic rings.